The number of aromatic nitrogens is 2. The van der Waals surface area contributed by atoms with Crippen LogP contribution in [-0.2, 0) is 6.42 Å². The third-order valence-corrected chi connectivity index (χ3v) is 5.57. The van der Waals surface area contributed by atoms with Gasteiger partial charge in [-0.05, 0) is 43.9 Å². The average molecular weight is 417 g/mol. The van der Waals surface area contributed by atoms with E-state index in [1.54, 1.807) is 13.3 Å². The topological polar surface area (TPSA) is 67.3 Å². The second-order valence-electron chi connectivity index (χ2n) is 7.81. The Morgan fingerprint density at radius 3 is 2.71 bits per heavy atom. The number of methoxy groups -OCH3 is 1. The van der Waals surface area contributed by atoms with E-state index < -0.39 is 0 Å². The number of carbonyl (C=O) groups excluding carboxylic acids is 1. The van der Waals surface area contributed by atoms with Crippen molar-refractivity contribution in [2.75, 3.05) is 31.6 Å². The molecular weight excluding hydrogens is 388 g/mol. The molecule has 3 aromatic rings. The van der Waals surface area contributed by atoms with Crippen LogP contribution in [-0.4, -0.2) is 42.6 Å². The molecule has 0 atom stereocenters. The number of para-hydroxylation sites is 1. The van der Waals surface area contributed by atoms with E-state index in [0.717, 1.165) is 48.4 Å². The highest BCUT2D eigenvalue weighted by Crippen LogP contribution is 2.26. The van der Waals surface area contributed by atoms with Crippen LogP contribution in [0.25, 0.3) is 11.3 Å². The van der Waals surface area contributed by atoms with Gasteiger partial charge in [0.2, 0.25) is 5.95 Å². The number of anilines is 1. The van der Waals surface area contributed by atoms with Gasteiger partial charge in [0.25, 0.3) is 5.91 Å². The van der Waals surface area contributed by atoms with E-state index in [9.17, 15) is 4.79 Å². The summed E-state index contributed by atoms with van der Waals surface area (Å²) in [6, 6.07) is 15.9. The minimum absolute atomic E-state index is 0.167. The maximum atomic E-state index is 13.1. The predicted molar refractivity (Wildman–Crippen MR) is 123 cm³/mol. The lowest BCUT2D eigenvalue weighted by Gasteiger charge is -2.17. The van der Waals surface area contributed by atoms with E-state index in [4.69, 9.17) is 9.72 Å². The molecule has 1 N–H and O–H groups in total. The van der Waals surface area contributed by atoms with E-state index in [2.05, 4.69) is 21.3 Å². The molecule has 0 unspecified atom stereocenters. The molecule has 1 fully saturated rings. The van der Waals surface area contributed by atoms with Crippen molar-refractivity contribution in [1.82, 2.24) is 15.3 Å². The van der Waals surface area contributed by atoms with Crippen molar-refractivity contribution < 1.29 is 9.53 Å². The smallest absolute Gasteiger partial charge is 0.255 e. The van der Waals surface area contributed by atoms with Crippen LogP contribution in [0.1, 0.15) is 34.3 Å². The Bertz CT molecular complexity index is 1060. The van der Waals surface area contributed by atoms with Gasteiger partial charge < -0.3 is 15.0 Å². The minimum atomic E-state index is -0.167. The van der Waals surface area contributed by atoms with E-state index in [-0.39, 0.29) is 5.91 Å². The lowest BCUT2D eigenvalue weighted by Crippen LogP contribution is -2.28. The third-order valence-electron chi connectivity index (χ3n) is 5.57. The number of ether oxygens (including phenoxy) is 1. The molecular formula is C25H28N4O2. The van der Waals surface area contributed by atoms with Gasteiger partial charge in [0, 0.05) is 31.4 Å². The number of nitrogens with zero attached hydrogens (tertiary/aromatic N) is 3. The zero-order valence-electron chi connectivity index (χ0n) is 18.1. The molecule has 31 heavy (non-hydrogen) atoms. The van der Waals surface area contributed by atoms with Crippen LogP contribution >= 0.6 is 0 Å². The van der Waals surface area contributed by atoms with Crippen LogP contribution in [0.15, 0.2) is 54.7 Å². The Morgan fingerprint density at radius 2 is 1.94 bits per heavy atom. The molecule has 1 aliphatic heterocycles. The third kappa shape index (κ3) is 4.85. The van der Waals surface area contributed by atoms with Crippen molar-refractivity contribution >= 4 is 11.9 Å². The Labute approximate surface area is 183 Å². The van der Waals surface area contributed by atoms with E-state index >= 15 is 0 Å². The highest BCUT2D eigenvalue weighted by Gasteiger charge is 2.20. The van der Waals surface area contributed by atoms with Gasteiger partial charge in [0.1, 0.15) is 5.75 Å². The molecule has 6 nitrogen and oxygen atoms in total. The molecule has 0 bridgehead atoms. The first-order chi connectivity index (χ1) is 15.2. The fourth-order valence-electron chi connectivity index (χ4n) is 3.94. The number of nitrogens with one attached hydrogen (secondary N) is 1. The van der Waals surface area contributed by atoms with Gasteiger partial charge in [0.15, 0.2) is 0 Å². The number of amides is 1. The van der Waals surface area contributed by atoms with Crippen molar-refractivity contribution in [2.45, 2.75) is 26.2 Å². The molecule has 0 saturated carbocycles. The van der Waals surface area contributed by atoms with Crippen LogP contribution in [0.3, 0.4) is 0 Å². The Balaban J connectivity index is 1.56. The lowest BCUT2D eigenvalue weighted by atomic mass is 10.0. The van der Waals surface area contributed by atoms with Gasteiger partial charge in [-0.25, -0.2) is 9.97 Å². The van der Waals surface area contributed by atoms with Gasteiger partial charge in [-0.3, -0.25) is 4.79 Å². The molecule has 6 heteroatoms. The maximum absolute atomic E-state index is 13.1. The normalized spacial score (nSPS) is 13.3. The van der Waals surface area contributed by atoms with Gasteiger partial charge in [-0.2, -0.15) is 0 Å². The molecule has 4 rings (SSSR count). The number of carbonyl (C=O) groups is 1. The Hall–Kier alpha value is -3.41. The SMILES string of the molecule is COc1ccccc1CCNC(=O)c1cnc(N2CCCC2)nc1-c1cccc(C)c1. The van der Waals surface area contributed by atoms with Crippen LogP contribution < -0.4 is 15.0 Å². The fraction of sp³-hybridized carbons (Fsp3) is 0.320. The molecule has 1 saturated heterocycles. The predicted octanol–water partition coefficient (Wildman–Crippen LogP) is 4.03. The maximum Gasteiger partial charge on any atom is 0.255 e. The van der Waals surface area contributed by atoms with Crippen molar-refractivity contribution in [3.05, 3.63) is 71.4 Å². The largest absolute Gasteiger partial charge is 0.496 e. The minimum Gasteiger partial charge on any atom is -0.496 e. The molecule has 2 heterocycles. The summed E-state index contributed by atoms with van der Waals surface area (Å²) in [4.78, 5) is 24.6. The summed E-state index contributed by atoms with van der Waals surface area (Å²) in [6.07, 6.45) is 4.64. The average Bonchev–Trinajstić information content (AvgIpc) is 3.34. The van der Waals surface area contributed by atoms with E-state index in [0.29, 0.717) is 30.2 Å². The van der Waals surface area contributed by atoms with Gasteiger partial charge in [0.05, 0.1) is 18.4 Å². The first-order valence-electron chi connectivity index (χ1n) is 10.7. The summed E-state index contributed by atoms with van der Waals surface area (Å²) in [6.45, 7) is 4.45. The number of benzene rings is 2. The standard InChI is InChI=1S/C25H28N4O2/c1-18-8-7-10-20(16-18)23-21(17-27-25(28-23)29-14-5-6-15-29)24(30)26-13-12-19-9-3-4-11-22(19)31-2/h3-4,7-11,16-17H,5-6,12-15H2,1-2H3,(H,26,30). The summed E-state index contributed by atoms with van der Waals surface area (Å²) in [5.41, 5.74) is 4.29. The zero-order chi connectivity index (χ0) is 21.6. The van der Waals surface area contributed by atoms with Crippen LogP contribution in [0, 0.1) is 6.92 Å². The summed E-state index contributed by atoms with van der Waals surface area (Å²) < 4.78 is 5.40. The summed E-state index contributed by atoms with van der Waals surface area (Å²) in [5.74, 6) is 1.36. The lowest BCUT2D eigenvalue weighted by molar-refractivity contribution is 0.0954. The van der Waals surface area contributed by atoms with Crippen LogP contribution in [0.4, 0.5) is 5.95 Å². The number of hydrogen-bond donors (Lipinski definition) is 1. The molecule has 160 valence electrons. The molecule has 0 radical (unpaired) electrons. The summed E-state index contributed by atoms with van der Waals surface area (Å²) in [5, 5.41) is 3.02. The number of rotatable bonds is 7. The first-order valence-corrected chi connectivity index (χ1v) is 10.7. The van der Waals surface area contributed by atoms with Crippen molar-refractivity contribution in [3.63, 3.8) is 0 Å². The first kappa shape index (κ1) is 20.8. The zero-order valence-corrected chi connectivity index (χ0v) is 18.1. The van der Waals surface area contributed by atoms with Crippen LogP contribution in [0.2, 0.25) is 0 Å². The highest BCUT2D eigenvalue weighted by atomic mass is 16.5. The Kier molecular flexibility index (Phi) is 6.46. The number of hydrogen-bond acceptors (Lipinski definition) is 5. The highest BCUT2D eigenvalue weighted by molar-refractivity contribution is 5.99. The monoisotopic (exact) mass is 416 g/mol. The van der Waals surface area contributed by atoms with Gasteiger partial charge in [-0.1, -0.05) is 42.0 Å². The van der Waals surface area contributed by atoms with Gasteiger partial charge >= 0.3 is 0 Å². The van der Waals surface area contributed by atoms with Crippen molar-refractivity contribution in [2.24, 2.45) is 0 Å². The van der Waals surface area contributed by atoms with E-state index in [1.165, 1.54) is 0 Å². The Morgan fingerprint density at radius 1 is 1.13 bits per heavy atom. The molecule has 0 spiro atoms. The van der Waals surface area contributed by atoms with Crippen LogP contribution in [0.5, 0.6) is 5.75 Å². The second kappa shape index (κ2) is 9.60. The molecule has 2 aromatic carbocycles. The van der Waals surface area contributed by atoms with Crippen molar-refractivity contribution in [1.29, 1.82) is 0 Å². The fourth-order valence-corrected chi connectivity index (χ4v) is 3.94. The van der Waals surface area contributed by atoms with Gasteiger partial charge in [-0.15, -0.1) is 0 Å². The summed E-state index contributed by atoms with van der Waals surface area (Å²) in [7, 11) is 1.66. The van der Waals surface area contributed by atoms with E-state index in [1.807, 2.05) is 49.4 Å². The summed E-state index contributed by atoms with van der Waals surface area (Å²) >= 11 is 0. The van der Waals surface area contributed by atoms with Crippen molar-refractivity contribution in [3.8, 4) is 17.0 Å². The number of aryl methyl sites for hydroxylation is 1. The molecule has 1 amide bonds. The molecule has 0 aliphatic carbocycles. The quantitative estimate of drug-likeness (QED) is 0.630. The molecule has 1 aromatic heterocycles. The second-order valence-corrected chi connectivity index (χ2v) is 7.81. The molecule has 1 aliphatic rings.